The summed E-state index contributed by atoms with van der Waals surface area (Å²) in [4.78, 5) is 11.4. The Morgan fingerprint density at radius 2 is 2.06 bits per heavy atom. The van der Waals surface area contributed by atoms with E-state index in [0.717, 1.165) is 12.0 Å². The number of benzene rings is 1. The summed E-state index contributed by atoms with van der Waals surface area (Å²) in [5, 5.41) is 0. The Kier molecular flexibility index (Phi) is 2.58. The monoisotopic (exact) mass is 216 g/mol. The summed E-state index contributed by atoms with van der Waals surface area (Å²) < 4.78 is 4.71. The smallest absolute Gasteiger partial charge is 0.330 e. The molecule has 0 N–H and O–H groups in total. The van der Waals surface area contributed by atoms with Gasteiger partial charge in [-0.1, -0.05) is 38.1 Å². The van der Waals surface area contributed by atoms with Crippen molar-refractivity contribution >= 4 is 11.5 Å². The molecule has 1 aromatic rings. The van der Waals surface area contributed by atoms with Crippen LogP contribution in [-0.4, -0.2) is 13.1 Å². The lowest BCUT2D eigenvalue weighted by Gasteiger charge is -2.19. The van der Waals surface area contributed by atoms with Crippen LogP contribution in [0.2, 0.25) is 0 Å². The van der Waals surface area contributed by atoms with Crippen LogP contribution in [0.5, 0.6) is 0 Å². The molecule has 0 aromatic heterocycles. The Balaban J connectivity index is 2.51. The van der Waals surface area contributed by atoms with Gasteiger partial charge in [-0.25, -0.2) is 4.79 Å². The molecule has 84 valence electrons. The summed E-state index contributed by atoms with van der Waals surface area (Å²) >= 11 is 0. The molecule has 2 heteroatoms. The Hall–Kier alpha value is -1.57. The fourth-order valence-corrected chi connectivity index (χ4v) is 2.32. The molecule has 0 amide bonds. The minimum Gasteiger partial charge on any atom is -0.466 e. The number of carbonyl (C=O) groups excluding carboxylic acids is 1. The average Bonchev–Trinajstić information content (AvgIpc) is 2.50. The molecular weight excluding hydrogens is 200 g/mol. The topological polar surface area (TPSA) is 26.3 Å². The molecule has 0 bridgehead atoms. The summed E-state index contributed by atoms with van der Waals surface area (Å²) in [5.41, 5.74) is 3.58. The third-order valence-corrected chi connectivity index (χ3v) is 3.13. The fourth-order valence-electron chi connectivity index (χ4n) is 2.32. The lowest BCUT2D eigenvalue weighted by atomic mass is 9.85. The molecule has 0 heterocycles. The van der Waals surface area contributed by atoms with Crippen LogP contribution in [0.1, 0.15) is 25.0 Å². The molecule has 16 heavy (non-hydrogen) atoms. The third kappa shape index (κ3) is 1.75. The molecule has 0 unspecified atom stereocenters. The van der Waals surface area contributed by atoms with E-state index in [-0.39, 0.29) is 11.4 Å². The van der Waals surface area contributed by atoms with E-state index in [1.54, 1.807) is 6.08 Å². The molecule has 0 saturated carbocycles. The van der Waals surface area contributed by atoms with Crippen LogP contribution in [0.15, 0.2) is 30.3 Å². The highest BCUT2D eigenvalue weighted by molar-refractivity contribution is 5.94. The van der Waals surface area contributed by atoms with Crippen LogP contribution in [0.25, 0.3) is 5.57 Å². The highest BCUT2D eigenvalue weighted by atomic mass is 16.5. The predicted octanol–water partition coefficient (Wildman–Crippen LogP) is 2.83. The minimum absolute atomic E-state index is 0.0118. The van der Waals surface area contributed by atoms with Crippen LogP contribution in [0.4, 0.5) is 0 Å². The second-order valence-corrected chi connectivity index (χ2v) is 4.80. The van der Waals surface area contributed by atoms with Crippen LogP contribution in [0.3, 0.4) is 0 Å². The van der Waals surface area contributed by atoms with Crippen molar-refractivity contribution < 1.29 is 9.53 Å². The summed E-state index contributed by atoms with van der Waals surface area (Å²) in [5.74, 6) is -0.278. The Bertz CT molecular complexity index is 456. The van der Waals surface area contributed by atoms with Crippen LogP contribution in [0, 0.1) is 5.41 Å². The van der Waals surface area contributed by atoms with Gasteiger partial charge in [-0.3, -0.25) is 0 Å². The van der Waals surface area contributed by atoms with E-state index < -0.39 is 0 Å². The Morgan fingerprint density at radius 3 is 2.75 bits per heavy atom. The van der Waals surface area contributed by atoms with Gasteiger partial charge in [0.1, 0.15) is 0 Å². The first-order valence-electron chi connectivity index (χ1n) is 5.43. The van der Waals surface area contributed by atoms with Crippen molar-refractivity contribution in [3.8, 4) is 0 Å². The van der Waals surface area contributed by atoms with Crippen molar-refractivity contribution in [2.45, 2.75) is 20.3 Å². The van der Waals surface area contributed by atoms with Crippen molar-refractivity contribution in [3.05, 3.63) is 41.5 Å². The molecule has 0 aliphatic heterocycles. The highest BCUT2D eigenvalue weighted by Crippen LogP contribution is 2.45. The molecule has 0 atom stereocenters. The first kappa shape index (κ1) is 10.9. The summed E-state index contributed by atoms with van der Waals surface area (Å²) in [7, 11) is 1.41. The van der Waals surface area contributed by atoms with Gasteiger partial charge in [0.25, 0.3) is 0 Å². The average molecular weight is 216 g/mol. The van der Waals surface area contributed by atoms with Gasteiger partial charge in [0.05, 0.1) is 7.11 Å². The largest absolute Gasteiger partial charge is 0.466 e. The number of ether oxygens (including phenoxy) is 1. The first-order chi connectivity index (χ1) is 7.54. The molecule has 0 saturated heterocycles. The minimum atomic E-state index is -0.278. The predicted molar refractivity (Wildman–Crippen MR) is 63.9 cm³/mol. The second kappa shape index (κ2) is 3.78. The molecular formula is C14H16O2. The normalized spacial score (nSPS) is 19.6. The molecule has 1 aliphatic rings. The number of hydrogen-bond acceptors (Lipinski definition) is 2. The van der Waals surface area contributed by atoms with Gasteiger partial charge in [-0.2, -0.15) is 0 Å². The maximum Gasteiger partial charge on any atom is 0.330 e. The zero-order valence-corrected chi connectivity index (χ0v) is 9.91. The zero-order valence-electron chi connectivity index (χ0n) is 9.91. The van der Waals surface area contributed by atoms with Crippen molar-refractivity contribution in [2.75, 3.05) is 7.11 Å². The molecule has 0 radical (unpaired) electrons. The number of rotatable bonds is 1. The van der Waals surface area contributed by atoms with E-state index in [4.69, 9.17) is 4.74 Å². The van der Waals surface area contributed by atoms with E-state index >= 15 is 0 Å². The maximum atomic E-state index is 11.4. The lowest BCUT2D eigenvalue weighted by Crippen LogP contribution is -2.11. The first-order valence-corrected chi connectivity index (χ1v) is 5.43. The number of hydrogen-bond donors (Lipinski definition) is 0. The number of carbonyl (C=O) groups is 1. The van der Waals surface area contributed by atoms with Gasteiger partial charge in [0, 0.05) is 6.08 Å². The molecule has 0 fully saturated rings. The Labute approximate surface area is 95.9 Å². The number of esters is 1. The zero-order chi connectivity index (χ0) is 11.8. The molecule has 1 aliphatic carbocycles. The van der Waals surface area contributed by atoms with E-state index in [9.17, 15) is 4.79 Å². The highest BCUT2D eigenvalue weighted by Gasteiger charge is 2.33. The van der Waals surface area contributed by atoms with Crippen molar-refractivity contribution in [2.24, 2.45) is 5.41 Å². The van der Waals surface area contributed by atoms with Crippen molar-refractivity contribution in [1.29, 1.82) is 0 Å². The second-order valence-electron chi connectivity index (χ2n) is 4.80. The number of allylic oxidation sites excluding steroid dienone is 1. The molecule has 2 rings (SSSR count). The van der Waals surface area contributed by atoms with E-state index in [1.807, 2.05) is 12.1 Å². The maximum absolute atomic E-state index is 11.4. The van der Waals surface area contributed by atoms with Gasteiger partial charge < -0.3 is 4.74 Å². The number of methoxy groups -OCH3 is 1. The van der Waals surface area contributed by atoms with Gasteiger partial charge in [-0.05, 0) is 28.5 Å². The van der Waals surface area contributed by atoms with Gasteiger partial charge >= 0.3 is 5.97 Å². The SMILES string of the molecule is COC(=O)/C=C1/c2ccccc2CC1(C)C. The van der Waals surface area contributed by atoms with Gasteiger partial charge in [-0.15, -0.1) is 0 Å². The van der Waals surface area contributed by atoms with E-state index in [2.05, 4.69) is 26.0 Å². The third-order valence-electron chi connectivity index (χ3n) is 3.13. The van der Waals surface area contributed by atoms with Crippen molar-refractivity contribution in [1.82, 2.24) is 0 Å². The standard InChI is InChI=1S/C14H16O2/c1-14(2)9-10-6-4-5-7-11(10)12(14)8-13(15)16-3/h4-8H,9H2,1-3H3/b12-8-. The van der Waals surface area contributed by atoms with Gasteiger partial charge in [0.15, 0.2) is 0 Å². The molecule has 0 spiro atoms. The molecule has 2 nitrogen and oxygen atoms in total. The summed E-state index contributed by atoms with van der Waals surface area (Å²) in [6.07, 6.45) is 2.60. The lowest BCUT2D eigenvalue weighted by molar-refractivity contribution is -0.134. The van der Waals surface area contributed by atoms with E-state index in [0.29, 0.717) is 0 Å². The fraction of sp³-hybridized carbons (Fsp3) is 0.357. The summed E-state index contributed by atoms with van der Waals surface area (Å²) in [6, 6.07) is 8.23. The van der Waals surface area contributed by atoms with Crippen LogP contribution < -0.4 is 0 Å². The van der Waals surface area contributed by atoms with Crippen molar-refractivity contribution in [3.63, 3.8) is 0 Å². The molecule has 1 aromatic carbocycles. The Morgan fingerprint density at radius 1 is 1.38 bits per heavy atom. The quantitative estimate of drug-likeness (QED) is 0.533. The van der Waals surface area contributed by atoms with E-state index in [1.165, 1.54) is 18.2 Å². The number of fused-ring (bicyclic) bond motifs is 1. The summed E-state index contributed by atoms with van der Waals surface area (Å²) in [6.45, 7) is 4.31. The van der Waals surface area contributed by atoms with Crippen LogP contribution in [-0.2, 0) is 16.0 Å². The van der Waals surface area contributed by atoms with Crippen LogP contribution >= 0.6 is 0 Å². The van der Waals surface area contributed by atoms with Gasteiger partial charge in [0.2, 0.25) is 0 Å².